The normalized spacial score (nSPS) is 15.4. The minimum atomic E-state index is 0.0561. The molecule has 0 radical (unpaired) electrons. The van der Waals surface area contributed by atoms with Crippen LogP contribution in [0.25, 0.3) is 10.9 Å². The number of nitrogens with zero attached hydrogens (tertiary/aromatic N) is 3. The lowest BCUT2D eigenvalue weighted by Gasteiger charge is -2.25. The van der Waals surface area contributed by atoms with E-state index < -0.39 is 0 Å². The average Bonchev–Trinajstić information content (AvgIpc) is 2.59. The summed E-state index contributed by atoms with van der Waals surface area (Å²) < 4.78 is 5.10. The van der Waals surface area contributed by atoms with Crippen LogP contribution in [0.3, 0.4) is 0 Å². The summed E-state index contributed by atoms with van der Waals surface area (Å²) in [6.07, 6.45) is 0.912. The van der Waals surface area contributed by atoms with E-state index in [0.717, 1.165) is 42.1 Å². The SMILES string of the molecule is COCCCNc1nc(CN2CCNC(=O)C2)nc2ccc(C)cc12. The van der Waals surface area contributed by atoms with Gasteiger partial charge in [-0.1, -0.05) is 11.6 Å². The third-order valence-electron chi connectivity index (χ3n) is 4.20. The second-order valence-electron chi connectivity index (χ2n) is 6.34. The van der Waals surface area contributed by atoms with Gasteiger partial charge in [-0.05, 0) is 25.5 Å². The van der Waals surface area contributed by atoms with E-state index in [1.54, 1.807) is 7.11 Å². The summed E-state index contributed by atoms with van der Waals surface area (Å²) in [6.45, 7) is 6.03. The number of aromatic nitrogens is 2. The Kier molecular flexibility index (Phi) is 5.78. The number of nitrogens with one attached hydrogen (secondary N) is 2. The molecule has 1 amide bonds. The number of fused-ring (bicyclic) bond motifs is 1. The van der Waals surface area contributed by atoms with Crippen molar-refractivity contribution in [3.63, 3.8) is 0 Å². The number of amides is 1. The van der Waals surface area contributed by atoms with Crippen LogP contribution in [-0.2, 0) is 16.1 Å². The van der Waals surface area contributed by atoms with Crippen LogP contribution in [0.2, 0.25) is 0 Å². The summed E-state index contributed by atoms with van der Waals surface area (Å²) >= 11 is 0. The monoisotopic (exact) mass is 343 g/mol. The minimum absolute atomic E-state index is 0.0561. The Morgan fingerprint density at radius 2 is 2.24 bits per heavy atom. The van der Waals surface area contributed by atoms with Crippen molar-refractivity contribution in [2.45, 2.75) is 19.9 Å². The summed E-state index contributed by atoms with van der Waals surface area (Å²) in [7, 11) is 1.70. The molecule has 1 aromatic heterocycles. The molecule has 7 heteroatoms. The first-order chi connectivity index (χ1) is 12.2. The zero-order valence-corrected chi connectivity index (χ0v) is 14.8. The molecule has 0 saturated carbocycles. The molecule has 25 heavy (non-hydrogen) atoms. The van der Waals surface area contributed by atoms with Gasteiger partial charge in [0.05, 0.1) is 18.6 Å². The maximum absolute atomic E-state index is 11.6. The second kappa shape index (κ2) is 8.22. The fraction of sp³-hybridized carbons (Fsp3) is 0.500. The number of carbonyl (C=O) groups excluding carboxylic acids is 1. The van der Waals surface area contributed by atoms with E-state index in [9.17, 15) is 4.79 Å². The summed E-state index contributed by atoms with van der Waals surface area (Å²) in [5.41, 5.74) is 2.10. The summed E-state index contributed by atoms with van der Waals surface area (Å²) in [5.74, 6) is 1.64. The fourth-order valence-corrected chi connectivity index (χ4v) is 2.95. The Morgan fingerprint density at radius 3 is 3.04 bits per heavy atom. The number of benzene rings is 1. The second-order valence-corrected chi connectivity index (χ2v) is 6.34. The van der Waals surface area contributed by atoms with Crippen LogP contribution < -0.4 is 10.6 Å². The molecule has 0 atom stereocenters. The highest BCUT2D eigenvalue weighted by molar-refractivity contribution is 5.89. The van der Waals surface area contributed by atoms with Gasteiger partial charge in [-0.2, -0.15) is 0 Å². The van der Waals surface area contributed by atoms with Crippen molar-refractivity contribution in [3.8, 4) is 0 Å². The quantitative estimate of drug-likeness (QED) is 0.738. The zero-order chi connectivity index (χ0) is 17.6. The van der Waals surface area contributed by atoms with Crippen molar-refractivity contribution < 1.29 is 9.53 Å². The average molecular weight is 343 g/mol. The topological polar surface area (TPSA) is 79.4 Å². The number of carbonyl (C=O) groups is 1. The standard InChI is InChI=1S/C18H25N5O2/c1-13-4-5-15-14(10-13)18(20-6-3-9-25-2)22-16(21-15)11-23-8-7-19-17(24)12-23/h4-5,10H,3,6-9,11-12H2,1-2H3,(H,19,24)(H,20,21,22). The first-order valence-corrected chi connectivity index (χ1v) is 8.65. The number of hydrogen-bond acceptors (Lipinski definition) is 6. The van der Waals surface area contributed by atoms with E-state index in [4.69, 9.17) is 14.7 Å². The predicted molar refractivity (Wildman–Crippen MR) is 97.5 cm³/mol. The van der Waals surface area contributed by atoms with Crippen molar-refractivity contribution in [2.24, 2.45) is 0 Å². The Morgan fingerprint density at radius 1 is 1.36 bits per heavy atom. The first kappa shape index (κ1) is 17.6. The Balaban J connectivity index is 1.83. The Hall–Kier alpha value is -2.25. The molecule has 1 fully saturated rings. The number of ether oxygens (including phenoxy) is 1. The summed E-state index contributed by atoms with van der Waals surface area (Å²) in [4.78, 5) is 23.1. The number of aryl methyl sites for hydroxylation is 1. The van der Waals surface area contributed by atoms with Crippen LogP contribution in [0.1, 0.15) is 17.8 Å². The minimum Gasteiger partial charge on any atom is -0.385 e. The van der Waals surface area contributed by atoms with Crippen LogP contribution in [-0.4, -0.2) is 60.7 Å². The van der Waals surface area contributed by atoms with E-state index in [1.165, 1.54) is 5.56 Å². The van der Waals surface area contributed by atoms with Crippen molar-refractivity contribution in [3.05, 3.63) is 29.6 Å². The molecule has 1 aliphatic heterocycles. The van der Waals surface area contributed by atoms with Gasteiger partial charge >= 0.3 is 0 Å². The highest BCUT2D eigenvalue weighted by atomic mass is 16.5. The largest absolute Gasteiger partial charge is 0.385 e. The van der Waals surface area contributed by atoms with Gasteiger partial charge in [0.25, 0.3) is 0 Å². The highest BCUT2D eigenvalue weighted by Crippen LogP contribution is 2.22. The molecular formula is C18H25N5O2. The number of methoxy groups -OCH3 is 1. The molecule has 0 spiro atoms. The maximum Gasteiger partial charge on any atom is 0.234 e. The van der Waals surface area contributed by atoms with Crippen molar-refractivity contribution in [2.75, 3.05) is 45.2 Å². The molecule has 2 N–H and O–H groups in total. The molecule has 0 aliphatic carbocycles. The number of piperazine rings is 1. The third kappa shape index (κ3) is 4.64. The van der Waals surface area contributed by atoms with E-state index in [2.05, 4.69) is 34.6 Å². The van der Waals surface area contributed by atoms with E-state index in [0.29, 0.717) is 26.2 Å². The van der Waals surface area contributed by atoms with E-state index >= 15 is 0 Å². The van der Waals surface area contributed by atoms with Crippen LogP contribution >= 0.6 is 0 Å². The number of hydrogen-bond donors (Lipinski definition) is 2. The molecule has 1 aromatic carbocycles. The van der Waals surface area contributed by atoms with Gasteiger partial charge in [-0.25, -0.2) is 9.97 Å². The summed E-state index contributed by atoms with van der Waals surface area (Å²) in [5, 5.41) is 7.27. The van der Waals surface area contributed by atoms with Crippen molar-refractivity contribution in [1.29, 1.82) is 0 Å². The third-order valence-corrected chi connectivity index (χ3v) is 4.20. The van der Waals surface area contributed by atoms with Gasteiger partial charge in [0.1, 0.15) is 11.6 Å². The number of anilines is 1. The molecule has 2 aromatic rings. The molecule has 7 nitrogen and oxygen atoms in total. The lowest BCUT2D eigenvalue weighted by atomic mass is 10.1. The molecule has 1 aliphatic rings. The highest BCUT2D eigenvalue weighted by Gasteiger charge is 2.18. The van der Waals surface area contributed by atoms with Gasteiger partial charge in [-0.15, -0.1) is 0 Å². The number of rotatable bonds is 7. The molecule has 0 unspecified atom stereocenters. The van der Waals surface area contributed by atoms with Crippen molar-refractivity contribution >= 4 is 22.6 Å². The van der Waals surface area contributed by atoms with E-state index in [-0.39, 0.29) is 5.91 Å². The van der Waals surface area contributed by atoms with Crippen LogP contribution in [0.15, 0.2) is 18.2 Å². The fourth-order valence-electron chi connectivity index (χ4n) is 2.95. The Bertz CT molecular complexity index is 750. The van der Waals surface area contributed by atoms with Gasteiger partial charge in [-0.3, -0.25) is 9.69 Å². The van der Waals surface area contributed by atoms with Gasteiger partial charge < -0.3 is 15.4 Å². The lowest BCUT2D eigenvalue weighted by molar-refractivity contribution is -0.124. The smallest absolute Gasteiger partial charge is 0.234 e. The predicted octanol–water partition coefficient (Wildman–Crippen LogP) is 1.32. The molecule has 0 bridgehead atoms. The molecule has 134 valence electrons. The zero-order valence-electron chi connectivity index (χ0n) is 14.8. The first-order valence-electron chi connectivity index (χ1n) is 8.65. The maximum atomic E-state index is 11.6. The van der Waals surface area contributed by atoms with Crippen LogP contribution in [0, 0.1) is 6.92 Å². The van der Waals surface area contributed by atoms with Crippen LogP contribution in [0.5, 0.6) is 0 Å². The molecule has 2 heterocycles. The van der Waals surface area contributed by atoms with Gasteiger partial charge in [0.2, 0.25) is 5.91 Å². The van der Waals surface area contributed by atoms with Crippen molar-refractivity contribution in [1.82, 2.24) is 20.2 Å². The van der Waals surface area contributed by atoms with Gasteiger partial charge in [0.15, 0.2) is 0 Å². The lowest BCUT2D eigenvalue weighted by Crippen LogP contribution is -2.47. The van der Waals surface area contributed by atoms with Crippen LogP contribution in [0.4, 0.5) is 5.82 Å². The molecule has 3 rings (SSSR count). The Labute approximate surface area is 147 Å². The molecule has 1 saturated heterocycles. The van der Waals surface area contributed by atoms with Gasteiger partial charge in [0, 0.05) is 38.7 Å². The summed E-state index contributed by atoms with van der Waals surface area (Å²) in [6, 6.07) is 6.19. The molecular weight excluding hydrogens is 318 g/mol. The van der Waals surface area contributed by atoms with E-state index in [1.807, 2.05) is 6.07 Å².